The van der Waals surface area contributed by atoms with Crippen molar-refractivity contribution in [2.75, 3.05) is 5.73 Å². The second-order valence-electron chi connectivity index (χ2n) is 3.25. The van der Waals surface area contributed by atoms with Gasteiger partial charge in [0.05, 0.1) is 16.8 Å². The van der Waals surface area contributed by atoms with Gasteiger partial charge in [-0.15, -0.1) is 11.3 Å². The van der Waals surface area contributed by atoms with E-state index in [9.17, 15) is 4.79 Å². The van der Waals surface area contributed by atoms with E-state index in [0.717, 1.165) is 11.1 Å². The van der Waals surface area contributed by atoms with Crippen LogP contribution in [0.25, 0.3) is 10.2 Å². The van der Waals surface area contributed by atoms with E-state index in [1.807, 2.05) is 6.92 Å². The zero-order valence-electron chi connectivity index (χ0n) is 8.37. The number of anilines is 1. The predicted octanol–water partition coefficient (Wildman–Crippen LogP) is 0.989. The molecule has 5 nitrogen and oxygen atoms in total. The van der Waals surface area contributed by atoms with E-state index >= 15 is 0 Å². The van der Waals surface area contributed by atoms with Crippen LogP contribution in [0.4, 0.5) is 5.69 Å². The molecular weight excluding hydrogens is 212 g/mol. The summed E-state index contributed by atoms with van der Waals surface area (Å²) in [7, 11) is 0. The van der Waals surface area contributed by atoms with Crippen LogP contribution in [0.1, 0.15) is 21.2 Å². The van der Waals surface area contributed by atoms with Gasteiger partial charge in [0, 0.05) is 0 Å². The van der Waals surface area contributed by atoms with Crippen molar-refractivity contribution in [3.63, 3.8) is 0 Å². The molecule has 4 N–H and O–H groups in total. The molecule has 0 radical (unpaired) electrons. The highest BCUT2D eigenvalue weighted by Crippen LogP contribution is 2.33. The Bertz CT molecular complexity index is 561. The lowest BCUT2D eigenvalue weighted by Crippen LogP contribution is -2.10. The van der Waals surface area contributed by atoms with Crippen LogP contribution in [0, 0.1) is 13.8 Å². The molecule has 2 aromatic rings. The number of fused-ring (bicyclic) bond motifs is 1. The van der Waals surface area contributed by atoms with E-state index in [1.54, 1.807) is 6.92 Å². The van der Waals surface area contributed by atoms with Crippen molar-refractivity contribution in [1.82, 2.24) is 9.97 Å². The van der Waals surface area contributed by atoms with Crippen molar-refractivity contribution in [3.05, 3.63) is 16.4 Å². The molecule has 0 saturated carbocycles. The van der Waals surface area contributed by atoms with Crippen LogP contribution in [0.3, 0.4) is 0 Å². The first-order chi connectivity index (χ1) is 7.00. The molecule has 15 heavy (non-hydrogen) atoms. The fraction of sp³-hybridized carbons (Fsp3) is 0.222. The standard InChI is InChI=1S/C9H10N4OS/c1-3-5-6(10)7(8(11)14)15-9(5)13-4(2)12-3/h10H2,1-2H3,(H2,11,14). The monoisotopic (exact) mass is 222 g/mol. The number of thiophene rings is 1. The molecular formula is C9H10N4OS. The Balaban J connectivity index is 2.88. The van der Waals surface area contributed by atoms with Crippen LogP contribution in [-0.4, -0.2) is 15.9 Å². The molecule has 0 bridgehead atoms. The summed E-state index contributed by atoms with van der Waals surface area (Å²) in [6.45, 7) is 3.64. The van der Waals surface area contributed by atoms with Gasteiger partial charge in [-0.05, 0) is 13.8 Å². The fourth-order valence-corrected chi connectivity index (χ4v) is 2.56. The largest absolute Gasteiger partial charge is 0.397 e. The number of nitrogen functional groups attached to an aromatic ring is 1. The second-order valence-corrected chi connectivity index (χ2v) is 4.24. The van der Waals surface area contributed by atoms with E-state index in [1.165, 1.54) is 11.3 Å². The van der Waals surface area contributed by atoms with Gasteiger partial charge in [0.15, 0.2) is 0 Å². The fourth-order valence-electron chi connectivity index (χ4n) is 1.51. The molecule has 0 aliphatic carbocycles. The second kappa shape index (κ2) is 3.16. The third-order valence-electron chi connectivity index (χ3n) is 2.11. The Kier molecular flexibility index (Phi) is 2.08. The number of nitrogens with two attached hydrogens (primary N) is 2. The van der Waals surface area contributed by atoms with Gasteiger partial charge >= 0.3 is 0 Å². The van der Waals surface area contributed by atoms with E-state index in [-0.39, 0.29) is 0 Å². The topological polar surface area (TPSA) is 94.9 Å². The van der Waals surface area contributed by atoms with Gasteiger partial charge in [-0.3, -0.25) is 4.79 Å². The molecule has 2 heterocycles. The predicted molar refractivity (Wildman–Crippen MR) is 59.8 cm³/mol. The van der Waals surface area contributed by atoms with Gasteiger partial charge in [0.2, 0.25) is 0 Å². The first-order valence-electron chi connectivity index (χ1n) is 4.33. The number of carbonyl (C=O) groups excluding carboxylic acids is 1. The summed E-state index contributed by atoms with van der Waals surface area (Å²) in [6.07, 6.45) is 0. The van der Waals surface area contributed by atoms with Crippen molar-refractivity contribution in [2.45, 2.75) is 13.8 Å². The maximum Gasteiger partial charge on any atom is 0.260 e. The number of nitrogens with zero attached hydrogens (tertiary/aromatic N) is 2. The number of aromatic nitrogens is 2. The smallest absolute Gasteiger partial charge is 0.260 e. The van der Waals surface area contributed by atoms with Gasteiger partial charge in [0.1, 0.15) is 15.5 Å². The lowest BCUT2D eigenvalue weighted by Gasteiger charge is -1.98. The highest BCUT2D eigenvalue weighted by molar-refractivity contribution is 7.21. The number of amides is 1. The molecule has 1 amide bonds. The van der Waals surface area contributed by atoms with Gasteiger partial charge in [-0.25, -0.2) is 9.97 Å². The first kappa shape index (κ1) is 9.85. The average Bonchev–Trinajstić information content (AvgIpc) is 2.42. The Hall–Kier alpha value is -1.69. The average molecular weight is 222 g/mol. The molecule has 0 unspecified atom stereocenters. The summed E-state index contributed by atoms with van der Waals surface area (Å²) in [5.41, 5.74) is 12.2. The molecule has 0 aromatic carbocycles. The summed E-state index contributed by atoms with van der Waals surface area (Å²) in [5.74, 6) is 0.143. The van der Waals surface area contributed by atoms with Crippen molar-refractivity contribution < 1.29 is 4.79 Å². The normalized spacial score (nSPS) is 10.8. The van der Waals surface area contributed by atoms with Crippen molar-refractivity contribution >= 4 is 33.1 Å². The summed E-state index contributed by atoms with van der Waals surface area (Å²) >= 11 is 1.21. The Morgan fingerprint density at radius 2 is 2.00 bits per heavy atom. The number of hydrogen-bond donors (Lipinski definition) is 2. The van der Waals surface area contributed by atoms with Crippen LogP contribution in [0.5, 0.6) is 0 Å². The van der Waals surface area contributed by atoms with E-state index in [0.29, 0.717) is 21.2 Å². The lowest BCUT2D eigenvalue weighted by atomic mass is 10.2. The summed E-state index contributed by atoms with van der Waals surface area (Å²) in [5, 5.41) is 0.736. The van der Waals surface area contributed by atoms with Gasteiger partial charge in [-0.2, -0.15) is 0 Å². The van der Waals surface area contributed by atoms with Crippen molar-refractivity contribution in [3.8, 4) is 0 Å². The minimum absolute atomic E-state index is 0.355. The minimum atomic E-state index is -0.521. The van der Waals surface area contributed by atoms with Crippen molar-refractivity contribution in [1.29, 1.82) is 0 Å². The van der Waals surface area contributed by atoms with Gasteiger partial charge < -0.3 is 11.5 Å². The maximum absolute atomic E-state index is 11.1. The maximum atomic E-state index is 11.1. The summed E-state index contributed by atoms with van der Waals surface area (Å²) in [6, 6.07) is 0. The van der Waals surface area contributed by atoms with E-state index in [2.05, 4.69) is 9.97 Å². The van der Waals surface area contributed by atoms with Gasteiger partial charge in [-0.1, -0.05) is 0 Å². The Morgan fingerprint density at radius 1 is 1.33 bits per heavy atom. The van der Waals surface area contributed by atoms with Crippen molar-refractivity contribution in [2.24, 2.45) is 5.73 Å². The molecule has 2 aromatic heterocycles. The van der Waals surface area contributed by atoms with Crippen LogP contribution in [0.2, 0.25) is 0 Å². The van der Waals surface area contributed by atoms with Crippen LogP contribution in [-0.2, 0) is 0 Å². The molecule has 0 aliphatic rings. The van der Waals surface area contributed by atoms with Crippen LogP contribution >= 0.6 is 11.3 Å². The summed E-state index contributed by atoms with van der Waals surface area (Å²) in [4.78, 5) is 20.6. The third-order valence-corrected chi connectivity index (χ3v) is 3.22. The van der Waals surface area contributed by atoms with Crippen LogP contribution in [0.15, 0.2) is 0 Å². The molecule has 0 saturated heterocycles. The quantitative estimate of drug-likeness (QED) is 0.752. The molecule has 6 heteroatoms. The van der Waals surface area contributed by atoms with E-state index < -0.39 is 5.91 Å². The molecule has 0 spiro atoms. The number of primary amides is 1. The zero-order valence-corrected chi connectivity index (χ0v) is 9.18. The Labute approximate surface area is 90.1 Å². The van der Waals surface area contributed by atoms with Crippen LogP contribution < -0.4 is 11.5 Å². The van der Waals surface area contributed by atoms with Gasteiger partial charge in [0.25, 0.3) is 5.91 Å². The molecule has 2 rings (SSSR count). The number of hydrogen-bond acceptors (Lipinski definition) is 5. The number of carbonyl (C=O) groups is 1. The highest BCUT2D eigenvalue weighted by Gasteiger charge is 2.17. The molecule has 0 aliphatic heterocycles. The number of aryl methyl sites for hydroxylation is 2. The summed E-state index contributed by atoms with van der Waals surface area (Å²) < 4.78 is 0. The minimum Gasteiger partial charge on any atom is -0.397 e. The SMILES string of the molecule is Cc1nc(C)c2c(N)c(C(N)=O)sc2n1. The molecule has 78 valence electrons. The Morgan fingerprint density at radius 3 is 2.60 bits per heavy atom. The molecule has 0 fully saturated rings. The van der Waals surface area contributed by atoms with E-state index in [4.69, 9.17) is 11.5 Å². The lowest BCUT2D eigenvalue weighted by molar-refractivity contribution is 0.100. The third kappa shape index (κ3) is 1.42. The number of rotatable bonds is 1. The highest BCUT2D eigenvalue weighted by atomic mass is 32.1. The first-order valence-corrected chi connectivity index (χ1v) is 5.15. The zero-order chi connectivity index (χ0) is 11.2. The molecule has 0 atom stereocenters.